The van der Waals surface area contributed by atoms with E-state index in [-0.39, 0.29) is 0 Å². The van der Waals surface area contributed by atoms with Gasteiger partial charge in [0, 0.05) is 29.1 Å². The maximum atomic E-state index is 4.15. The zero-order valence-electron chi connectivity index (χ0n) is 10.7. The van der Waals surface area contributed by atoms with E-state index in [0.29, 0.717) is 5.92 Å². The molecular formula is C15H17BrN2. The second kappa shape index (κ2) is 6.01. The lowest BCUT2D eigenvalue weighted by atomic mass is 10.0. The lowest BCUT2D eigenvalue weighted by Gasteiger charge is -2.09. The molecule has 2 nitrogen and oxygen atoms in total. The minimum atomic E-state index is 0.577. The lowest BCUT2D eigenvalue weighted by Crippen LogP contribution is -2.00. The van der Waals surface area contributed by atoms with Gasteiger partial charge in [-0.05, 0) is 51.2 Å². The Morgan fingerprint density at radius 2 is 1.89 bits per heavy atom. The quantitative estimate of drug-likeness (QED) is 0.894. The summed E-state index contributed by atoms with van der Waals surface area (Å²) < 4.78 is 1.01. The van der Waals surface area contributed by atoms with Crippen LogP contribution in [0.15, 0.2) is 47.2 Å². The maximum Gasteiger partial charge on any atom is 0.0416 e. The van der Waals surface area contributed by atoms with Gasteiger partial charge in [-0.2, -0.15) is 0 Å². The minimum absolute atomic E-state index is 0.577. The van der Waals surface area contributed by atoms with Crippen LogP contribution in [0.2, 0.25) is 0 Å². The first-order chi connectivity index (χ1) is 8.65. The number of nitrogens with one attached hydrogen (secondary N) is 1. The van der Waals surface area contributed by atoms with Crippen LogP contribution in [-0.2, 0) is 6.54 Å². The van der Waals surface area contributed by atoms with Gasteiger partial charge in [-0.25, -0.2) is 0 Å². The molecule has 0 radical (unpaired) electrons. The van der Waals surface area contributed by atoms with Gasteiger partial charge in [-0.15, -0.1) is 0 Å². The highest BCUT2D eigenvalue weighted by Crippen LogP contribution is 2.18. The minimum Gasteiger partial charge on any atom is -0.381 e. The fraction of sp³-hybridized carbons (Fsp3) is 0.267. The first-order valence-corrected chi connectivity index (χ1v) is 6.87. The van der Waals surface area contributed by atoms with Crippen LogP contribution in [0.5, 0.6) is 0 Å². The molecule has 0 unspecified atom stereocenters. The molecule has 0 spiro atoms. The zero-order chi connectivity index (χ0) is 13.0. The van der Waals surface area contributed by atoms with Gasteiger partial charge in [0.05, 0.1) is 0 Å². The van der Waals surface area contributed by atoms with Crippen molar-refractivity contribution in [3.05, 3.63) is 58.3 Å². The van der Waals surface area contributed by atoms with E-state index in [2.05, 4.69) is 70.4 Å². The third-order valence-electron chi connectivity index (χ3n) is 2.84. The van der Waals surface area contributed by atoms with Crippen molar-refractivity contribution in [1.29, 1.82) is 0 Å². The van der Waals surface area contributed by atoms with Gasteiger partial charge in [0.25, 0.3) is 0 Å². The summed E-state index contributed by atoms with van der Waals surface area (Å²) in [7, 11) is 0. The molecule has 1 N–H and O–H groups in total. The molecule has 3 heteroatoms. The number of benzene rings is 1. The Balaban J connectivity index is 1.98. The van der Waals surface area contributed by atoms with Crippen LogP contribution in [0.4, 0.5) is 5.69 Å². The van der Waals surface area contributed by atoms with E-state index >= 15 is 0 Å². The molecule has 0 atom stereocenters. The molecule has 0 bridgehead atoms. The molecule has 18 heavy (non-hydrogen) atoms. The predicted octanol–water partition coefficient (Wildman–Crippen LogP) is 4.58. The van der Waals surface area contributed by atoms with Gasteiger partial charge in [0.2, 0.25) is 0 Å². The average molecular weight is 305 g/mol. The van der Waals surface area contributed by atoms with Crippen LogP contribution in [0, 0.1) is 0 Å². The van der Waals surface area contributed by atoms with Crippen molar-refractivity contribution < 1.29 is 0 Å². The fourth-order valence-corrected chi connectivity index (χ4v) is 2.15. The van der Waals surface area contributed by atoms with Gasteiger partial charge >= 0.3 is 0 Å². The van der Waals surface area contributed by atoms with E-state index in [9.17, 15) is 0 Å². The van der Waals surface area contributed by atoms with E-state index in [1.54, 1.807) is 6.20 Å². The molecule has 0 saturated heterocycles. The van der Waals surface area contributed by atoms with Crippen molar-refractivity contribution in [3.63, 3.8) is 0 Å². The molecule has 1 aromatic heterocycles. The summed E-state index contributed by atoms with van der Waals surface area (Å²) in [5.41, 5.74) is 3.67. The summed E-state index contributed by atoms with van der Waals surface area (Å²) in [5.74, 6) is 0.577. The normalized spacial score (nSPS) is 10.7. The number of rotatable bonds is 4. The van der Waals surface area contributed by atoms with Crippen LogP contribution in [0.3, 0.4) is 0 Å². The molecule has 0 amide bonds. The Labute approximate surface area is 117 Å². The maximum absolute atomic E-state index is 4.15. The van der Waals surface area contributed by atoms with Crippen LogP contribution in [0.25, 0.3) is 0 Å². The van der Waals surface area contributed by atoms with Crippen molar-refractivity contribution >= 4 is 21.6 Å². The lowest BCUT2D eigenvalue weighted by molar-refractivity contribution is 0.867. The summed E-state index contributed by atoms with van der Waals surface area (Å²) in [6, 6.07) is 10.7. The van der Waals surface area contributed by atoms with Gasteiger partial charge < -0.3 is 5.32 Å². The Kier molecular flexibility index (Phi) is 4.37. The molecule has 2 aromatic rings. The molecule has 1 aromatic carbocycles. The van der Waals surface area contributed by atoms with Gasteiger partial charge in [0.1, 0.15) is 0 Å². The predicted molar refractivity (Wildman–Crippen MR) is 79.8 cm³/mol. The molecule has 94 valence electrons. The van der Waals surface area contributed by atoms with Crippen LogP contribution >= 0.6 is 15.9 Å². The zero-order valence-corrected chi connectivity index (χ0v) is 12.2. The molecule has 0 fully saturated rings. The van der Waals surface area contributed by atoms with Gasteiger partial charge in [0.15, 0.2) is 0 Å². The number of aromatic nitrogens is 1. The smallest absolute Gasteiger partial charge is 0.0416 e. The third-order valence-corrected chi connectivity index (χ3v) is 3.27. The Hall–Kier alpha value is -1.35. The van der Waals surface area contributed by atoms with Crippen LogP contribution in [-0.4, -0.2) is 4.98 Å². The van der Waals surface area contributed by atoms with E-state index in [4.69, 9.17) is 0 Å². The largest absolute Gasteiger partial charge is 0.381 e. The second-order valence-electron chi connectivity index (χ2n) is 4.64. The molecular weight excluding hydrogens is 288 g/mol. The Morgan fingerprint density at radius 1 is 1.17 bits per heavy atom. The summed E-state index contributed by atoms with van der Waals surface area (Å²) >= 11 is 3.42. The molecule has 0 saturated carbocycles. The fourth-order valence-electron chi connectivity index (χ4n) is 1.74. The second-order valence-corrected chi connectivity index (χ2v) is 5.56. The number of anilines is 1. The van der Waals surface area contributed by atoms with Crippen LogP contribution in [0.1, 0.15) is 30.9 Å². The summed E-state index contributed by atoms with van der Waals surface area (Å²) in [4.78, 5) is 4.15. The van der Waals surface area contributed by atoms with Crippen molar-refractivity contribution in [2.75, 3.05) is 5.32 Å². The van der Waals surface area contributed by atoms with Crippen molar-refractivity contribution in [1.82, 2.24) is 4.98 Å². The van der Waals surface area contributed by atoms with Gasteiger partial charge in [-0.1, -0.05) is 26.0 Å². The summed E-state index contributed by atoms with van der Waals surface area (Å²) in [6.07, 6.45) is 3.67. The topological polar surface area (TPSA) is 24.9 Å². The van der Waals surface area contributed by atoms with Gasteiger partial charge in [-0.3, -0.25) is 4.98 Å². The third kappa shape index (κ3) is 3.57. The Morgan fingerprint density at radius 3 is 2.50 bits per heavy atom. The SMILES string of the molecule is CC(C)c1ccc(NCc2cncc(Br)c2)cc1. The molecule has 2 rings (SSSR count). The molecule has 0 aliphatic rings. The monoisotopic (exact) mass is 304 g/mol. The average Bonchev–Trinajstić information content (AvgIpc) is 2.37. The highest BCUT2D eigenvalue weighted by atomic mass is 79.9. The number of hydrogen-bond donors (Lipinski definition) is 1. The van der Waals surface area contributed by atoms with E-state index in [0.717, 1.165) is 22.3 Å². The van der Waals surface area contributed by atoms with E-state index in [1.165, 1.54) is 5.56 Å². The number of pyridine rings is 1. The van der Waals surface area contributed by atoms with Crippen LogP contribution < -0.4 is 5.32 Å². The standard InChI is InChI=1S/C15H17BrN2/c1-11(2)13-3-5-15(6-4-13)18-9-12-7-14(16)10-17-8-12/h3-8,10-11,18H,9H2,1-2H3. The molecule has 0 aliphatic heterocycles. The molecule has 1 heterocycles. The number of hydrogen-bond acceptors (Lipinski definition) is 2. The summed E-state index contributed by atoms with van der Waals surface area (Å²) in [5, 5.41) is 3.39. The highest BCUT2D eigenvalue weighted by molar-refractivity contribution is 9.10. The van der Waals surface area contributed by atoms with Crippen molar-refractivity contribution in [2.45, 2.75) is 26.3 Å². The highest BCUT2D eigenvalue weighted by Gasteiger charge is 1.99. The number of nitrogens with zero attached hydrogens (tertiary/aromatic N) is 1. The summed E-state index contributed by atoms with van der Waals surface area (Å²) in [6.45, 7) is 5.19. The first kappa shape index (κ1) is 13.1. The number of halogens is 1. The van der Waals surface area contributed by atoms with Crippen molar-refractivity contribution in [2.24, 2.45) is 0 Å². The van der Waals surface area contributed by atoms with Crippen molar-refractivity contribution in [3.8, 4) is 0 Å². The van der Waals surface area contributed by atoms with E-state index < -0.39 is 0 Å². The Bertz CT molecular complexity index is 506. The van der Waals surface area contributed by atoms with E-state index in [1.807, 2.05) is 6.20 Å². The molecule has 0 aliphatic carbocycles. The first-order valence-electron chi connectivity index (χ1n) is 6.08.